The Bertz CT molecular complexity index is 617. The molecule has 6 nitrogen and oxygen atoms in total. The van der Waals surface area contributed by atoms with Crippen LogP contribution in [-0.2, 0) is 10.5 Å². The summed E-state index contributed by atoms with van der Waals surface area (Å²) in [5.74, 6) is 0.0316. The Morgan fingerprint density at radius 2 is 2.33 bits per heavy atom. The molecule has 1 unspecified atom stereocenters. The van der Waals surface area contributed by atoms with E-state index in [2.05, 4.69) is 5.43 Å². The van der Waals surface area contributed by atoms with E-state index in [9.17, 15) is 15.0 Å². The van der Waals surface area contributed by atoms with Crippen LogP contribution in [0.2, 0.25) is 0 Å². The Kier molecular flexibility index (Phi) is 3.79. The molecule has 0 aliphatic carbocycles. The number of phenols is 1. The second-order valence-corrected chi connectivity index (χ2v) is 6.07. The van der Waals surface area contributed by atoms with Crippen LogP contribution in [-0.4, -0.2) is 40.3 Å². The van der Waals surface area contributed by atoms with Crippen LogP contribution in [0.4, 0.5) is 0 Å². The molecule has 3 rings (SSSR count). The van der Waals surface area contributed by atoms with Crippen LogP contribution >= 0.6 is 11.8 Å². The molecule has 0 saturated carbocycles. The molecule has 0 bridgehead atoms. The third kappa shape index (κ3) is 2.48. The lowest BCUT2D eigenvalue weighted by molar-refractivity contribution is -0.141. The van der Waals surface area contributed by atoms with Gasteiger partial charge in [0.25, 0.3) is 0 Å². The van der Waals surface area contributed by atoms with Crippen LogP contribution in [0.3, 0.4) is 0 Å². The molecule has 7 heteroatoms. The number of nitrogens with zero attached hydrogens (tertiary/aromatic N) is 1. The fourth-order valence-electron chi connectivity index (χ4n) is 2.68. The Morgan fingerprint density at radius 3 is 3.05 bits per heavy atom. The third-order valence-corrected chi connectivity index (χ3v) is 4.83. The fraction of sp³-hybridized carbons (Fsp3) is 0.357. The Hall–Kier alpha value is -1.70. The first-order valence-corrected chi connectivity index (χ1v) is 7.75. The first-order chi connectivity index (χ1) is 10.1. The molecule has 1 atom stereocenters. The maximum Gasteiger partial charge on any atom is 0.328 e. The number of nitrogens with two attached hydrogens (primary N) is 1. The van der Waals surface area contributed by atoms with Crippen molar-refractivity contribution in [2.45, 2.75) is 18.2 Å². The molecule has 2 heterocycles. The smallest absolute Gasteiger partial charge is 0.328 e. The highest BCUT2D eigenvalue weighted by atomic mass is 32.2. The zero-order valence-corrected chi connectivity index (χ0v) is 12.2. The number of hydrogen-bond acceptors (Lipinski definition) is 6. The SMILES string of the molecule is NCCCN1NC2=C(SCc3cc(O)ccc32)C1C(=O)O. The van der Waals surface area contributed by atoms with Gasteiger partial charge in [-0.15, -0.1) is 11.8 Å². The van der Waals surface area contributed by atoms with Crippen LogP contribution in [0.5, 0.6) is 5.75 Å². The molecule has 21 heavy (non-hydrogen) atoms. The number of rotatable bonds is 4. The molecular weight excluding hydrogens is 290 g/mol. The van der Waals surface area contributed by atoms with E-state index in [4.69, 9.17) is 5.73 Å². The molecule has 5 N–H and O–H groups in total. The van der Waals surface area contributed by atoms with Crippen LogP contribution in [0.25, 0.3) is 5.70 Å². The van der Waals surface area contributed by atoms with Crippen molar-refractivity contribution >= 4 is 23.4 Å². The molecule has 0 radical (unpaired) electrons. The third-order valence-electron chi connectivity index (χ3n) is 3.64. The molecule has 0 saturated heterocycles. The van der Waals surface area contributed by atoms with E-state index in [0.717, 1.165) is 28.1 Å². The van der Waals surface area contributed by atoms with E-state index in [1.807, 2.05) is 6.07 Å². The second kappa shape index (κ2) is 5.59. The fourth-order valence-corrected chi connectivity index (χ4v) is 3.91. The van der Waals surface area contributed by atoms with Gasteiger partial charge in [0.2, 0.25) is 0 Å². The normalized spacial score (nSPS) is 20.9. The maximum atomic E-state index is 11.6. The van der Waals surface area contributed by atoms with Gasteiger partial charge in [-0.3, -0.25) is 4.79 Å². The first-order valence-electron chi connectivity index (χ1n) is 6.77. The van der Waals surface area contributed by atoms with Crippen LogP contribution in [0.1, 0.15) is 17.5 Å². The number of nitrogens with one attached hydrogen (secondary N) is 1. The van der Waals surface area contributed by atoms with Gasteiger partial charge in [0.15, 0.2) is 6.04 Å². The molecular formula is C14H17N3O3S. The van der Waals surface area contributed by atoms with Crippen molar-refractivity contribution in [3.05, 3.63) is 34.2 Å². The van der Waals surface area contributed by atoms with Crippen LogP contribution in [0, 0.1) is 0 Å². The van der Waals surface area contributed by atoms with Gasteiger partial charge in [0, 0.05) is 22.8 Å². The van der Waals surface area contributed by atoms with Crippen molar-refractivity contribution in [2.24, 2.45) is 5.73 Å². The van der Waals surface area contributed by atoms with Gasteiger partial charge in [0.05, 0.1) is 5.70 Å². The Balaban J connectivity index is 1.97. The van der Waals surface area contributed by atoms with E-state index in [0.29, 0.717) is 18.8 Å². The number of carboxylic acids is 1. The second-order valence-electron chi connectivity index (χ2n) is 5.06. The van der Waals surface area contributed by atoms with Gasteiger partial charge in [-0.1, -0.05) is 0 Å². The van der Waals surface area contributed by atoms with E-state index in [1.165, 1.54) is 11.8 Å². The van der Waals surface area contributed by atoms with Gasteiger partial charge in [-0.05, 0) is 36.7 Å². The summed E-state index contributed by atoms with van der Waals surface area (Å²) in [5, 5.41) is 20.8. The number of phenolic OH excluding ortho intramolecular Hbond substituents is 1. The maximum absolute atomic E-state index is 11.6. The highest BCUT2D eigenvalue weighted by Gasteiger charge is 2.40. The van der Waals surface area contributed by atoms with Crippen molar-refractivity contribution in [2.75, 3.05) is 13.1 Å². The van der Waals surface area contributed by atoms with Gasteiger partial charge in [-0.25, -0.2) is 5.01 Å². The number of carbonyl (C=O) groups is 1. The lowest BCUT2D eigenvalue weighted by atomic mass is 10.0. The summed E-state index contributed by atoms with van der Waals surface area (Å²) in [6.45, 7) is 1.10. The summed E-state index contributed by atoms with van der Waals surface area (Å²) >= 11 is 1.51. The Labute approximate surface area is 126 Å². The topological polar surface area (TPSA) is 98.8 Å². The minimum Gasteiger partial charge on any atom is -0.508 e. The van der Waals surface area contributed by atoms with Crippen LogP contribution in [0.15, 0.2) is 23.1 Å². The predicted molar refractivity (Wildman–Crippen MR) is 81.3 cm³/mol. The average Bonchev–Trinajstić information content (AvgIpc) is 2.83. The molecule has 0 aromatic heterocycles. The molecule has 2 aliphatic rings. The number of hydrogen-bond donors (Lipinski definition) is 4. The zero-order chi connectivity index (χ0) is 15.0. The molecule has 1 aromatic carbocycles. The first kappa shape index (κ1) is 14.2. The van der Waals surface area contributed by atoms with Crippen molar-refractivity contribution in [1.29, 1.82) is 0 Å². The van der Waals surface area contributed by atoms with Gasteiger partial charge >= 0.3 is 5.97 Å². The number of aliphatic carboxylic acids is 1. The number of benzene rings is 1. The van der Waals surface area contributed by atoms with Crippen molar-refractivity contribution in [3.8, 4) is 5.75 Å². The molecule has 0 spiro atoms. The van der Waals surface area contributed by atoms with Crippen molar-refractivity contribution in [3.63, 3.8) is 0 Å². The minimum absolute atomic E-state index is 0.228. The van der Waals surface area contributed by atoms with Gasteiger partial charge < -0.3 is 21.4 Å². The average molecular weight is 307 g/mol. The monoisotopic (exact) mass is 307 g/mol. The highest BCUT2D eigenvalue weighted by Crippen LogP contribution is 2.43. The summed E-state index contributed by atoms with van der Waals surface area (Å²) in [4.78, 5) is 12.4. The van der Waals surface area contributed by atoms with Crippen molar-refractivity contribution < 1.29 is 15.0 Å². The van der Waals surface area contributed by atoms with Crippen molar-refractivity contribution in [1.82, 2.24) is 10.4 Å². The highest BCUT2D eigenvalue weighted by molar-refractivity contribution is 8.02. The molecule has 112 valence electrons. The summed E-state index contributed by atoms with van der Waals surface area (Å²) in [6.07, 6.45) is 0.727. The Morgan fingerprint density at radius 1 is 1.52 bits per heavy atom. The standard InChI is InChI=1S/C14H17N3O3S/c15-4-1-5-17-12(14(19)20)13-11(16-17)10-3-2-9(18)6-8(10)7-21-13/h2-3,6,12,16,18H,1,4-5,7,15H2,(H,19,20). The summed E-state index contributed by atoms with van der Waals surface area (Å²) in [7, 11) is 0. The van der Waals surface area contributed by atoms with E-state index < -0.39 is 12.0 Å². The lowest BCUT2D eigenvalue weighted by Gasteiger charge is -2.22. The number of fused-ring (bicyclic) bond motifs is 2. The minimum atomic E-state index is -0.862. The summed E-state index contributed by atoms with van der Waals surface area (Å²) in [6, 6.07) is 4.52. The van der Waals surface area contributed by atoms with Crippen LogP contribution < -0.4 is 11.2 Å². The molecule has 0 fully saturated rings. The largest absolute Gasteiger partial charge is 0.508 e. The number of carboxylic acid groups (broad SMARTS) is 1. The van der Waals surface area contributed by atoms with E-state index in [-0.39, 0.29) is 5.75 Å². The molecule has 1 aromatic rings. The number of aromatic hydroxyl groups is 1. The molecule has 0 amide bonds. The number of thioether (sulfide) groups is 1. The zero-order valence-electron chi connectivity index (χ0n) is 11.4. The number of hydrazine groups is 1. The van der Waals surface area contributed by atoms with E-state index in [1.54, 1.807) is 17.1 Å². The van der Waals surface area contributed by atoms with E-state index >= 15 is 0 Å². The predicted octanol–water partition coefficient (Wildman–Crippen LogP) is 0.930. The van der Waals surface area contributed by atoms with Gasteiger partial charge in [-0.2, -0.15) is 0 Å². The summed E-state index contributed by atoms with van der Waals surface area (Å²) in [5.41, 5.74) is 11.5. The summed E-state index contributed by atoms with van der Waals surface area (Å²) < 4.78 is 0. The van der Waals surface area contributed by atoms with Gasteiger partial charge in [0.1, 0.15) is 5.75 Å². The quantitative estimate of drug-likeness (QED) is 0.657. The molecule has 2 aliphatic heterocycles. The lowest BCUT2D eigenvalue weighted by Crippen LogP contribution is -2.44.